The molecule has 0 fully saturated rings. The number of ether oxygens (including phenoxy) is 2. The van der Waals surface area contributed by atoms with Gasteiger partial charge in [0.25, 0.3) is 0 Å². The SMILES string of the molecule is BCNCC(=O)N(I)CC(OCc1ccccc1)OCc1ccccc1. The van der Waals surface area contributed by atoms with Gasteiger partial charge < -0.3 is 14.8 Å². The number of carbonyl (C=O) groups is 1. The summed E-state index contributed by atoms with van der Waals surface area (Å²) in [5, 5.41) is 3.04. The number of nitrogens with zero attached hydrogens (tertiary/aromatic N) is 1. The Bertz CT molecular complexity index is 602. The highest BCUT2D eigenvalue weighted by molar-refractivity contribution is 14.1. The zero-order valence-electron chi connectivity index (χ0n) is 14.9. The van der Waals surface area contributed by atoms with Crippen LogP contribution in [0.5, 0.6) is 0 Å². The van der Waals surface area contributed by atoms with Gasteiger partial charge in [-0.2, -0.15) is 0 Å². The predicted octanol–water partition coefficient (Wildman–Crippen LogP) is 2.10. The second-order valence-electron chi connectivity index (χ2n) is 5.74. The number of carbonyl (C=O) groups excluding carboxylic acids is 1. The first-order valence-electron chi connectivity index (χ1n) is 8.67. The molecule has 0 spiro atoms. The molecule has 1 amide bonds. The first kappa shape index (κ1) is 20.9. The number of halogens is 1. The lowest BCUT2D eigenvalue weighted by molar-refractivity contribution is -0.163. The van der Waals surface area contributed by atoms with Gasteiger partial charge in [-0.15, -0.1) is 0 Å². The molecule has 0 bridgehead atoms. The molecule has 0 aromatic heterocycles. The molecule has 2 rings (SSSR count). The van der Waals surface area contributed by atoms with Crippen molar-refractivity contribution in [3.05, 3.63) is 71.8 Å². The molecule has 5 nitrogen and oxygen atoms in total. The van der Waals surface area contributed by atoms with Gasteiger partial charge in [0.2, 0.25) is 5.91 Å². The number of hydrogen-bond donors (Lipinski definition) is 1. The van der Waals surface area contributed by atoms with Gasteiger partial charge in [-0.05, 0) is 17.6 Å². The maximum absolute atomic E-state index is 12.1. The van der Waals surface area contributed by atoms with Crippen LogP contribution >= 0.6 is 22.9 Å². The molecule has 0 unspecified atom stereocenters. The van der Waals surface area contributed by atoms with E-state index >= 15 is 0 Å². The van der Waals surface area contributed by atoms with Crippen molar-refractivity contribution < 1.29 is 14.3 Å². The van der Waals surface area contributed by atoms with Gasteiger partial charge in [0.1, 0.15) is 7.85 Å². The van der Waals surface area contributed by atoms with Crippen molar-refractivity contribution in [2.24, 2.45) is 0 Å². The topological polar surface area (TPSA) is 50.8 Å². The standard InChI is InChI=1S/C19H24BIN2O3/c20-15-22-11-18(24)23(21)12-19(25-13-16-7-3-1-4-8-16)26-14-17-9-5-2-6-10-17/h1-10,19,22H,11-15,20H2. The monoisotopic (exact) mass is 466 g/mol. The van der Waals surface area contributed by atoms with Crippen LogP contribution in [0.3, 0.4) is 0 Å². The number of nitrogens with one attached hydrogen (secondary N) is 1. The Morgan fingerprint density at radius 3 is 1.96 bits per heavy atom. The van der Waals surface area contributed by atoms with Crippen LogP contribution in [0.15, 0.2) is 60.7 Å². The van der Waals surface area contributed by atoms with Crippen LogP contribution in [0.4, 0.5) is 0 Å². The summed E-state index contributed by atoms with van der Waals surface area (Å²) in [5.41, 5.74) is 2.14. The molecule has 0 radical (unpaired) electrons. The fraction of sp³-hybridized carbons (Fsp3) is 0.316. The quantitative estimate of drug-likeness (QED) is 0.239. The van der Waals surface area contributed by atoms with Crippen LogP contribution in [-0.4, -0.2) is 42.7 Å². The smallest absolute Gasteiger partial charge is 0.245 e. The minimum absolute atomic E-state index is 0.00377. The molecule has 0 aliphatic carbocycles. The van der Waals surface area contributed by atoms with E-state index in [1.165, 1.54) is 0 Å². The van der Waals surface area contributed by atoms with Crippen molar-refractivity contribution in [2.75, 3.05) is 19.5 Å². The van der Waals surface area contributed by atoms with E-state index in [4.69, 9.17) is 9.47 Å². The van der Waals surface area contributed by atoms with Crippen molar-refractivity contribution in [3.63, 3.8) is 0 Å². The van der Waals surface area contributed by atoms with Gasteiger partial charge in [0, 0.05) is 0 Å². The lowest BCUT2D eigenvalue weighted by Crippen LogP contribution is -2.38. The Hall–Kier alpha value is -1.42. The minimum Gasteiger partial charge on any atom is -0.346 e. The van der Waals surface area contributed by atoms with E-state index in [9.17, 15) is 4.79 Å². The van der Waals surface area contributed by atoms with E-state index in [-0.39, 0.29) is 5.91 Å². The maximum Gasteiger partial charge on any atom is 0.245 e. The predicted molar refractivity (Wildman–Crippen MR) is 113 cm³/mol. The van der Waals surface area contributed by atoms with E-state index < -0.39 is 6.29 Å². The van der Waals surface area contributed by atoms with E-state index in [0.29, 0.717) is 26.3 Å². The third-order valence-corrected chi connectivity index (χ3v) is 4.60. The average molecular weight is 466 g/mol. The summed E-state index contributed by atoms with van der Waals surface area (Å²) >= 11 is 2.02. The number of amides is 1. The minimum atomic E-state index is -0.502. The van der Waals surface area contributed by atoms with E-state index in [2.05, 4.69) is 5.32 Å². The third-order valence-electron chi connectivity index (χ3n) is 3.66. The molecule has 0 aliphatic rings. The van der Waals surface area contributed by atoms with Gasteiger partial charge in [0.05, 0.1) is 49.2 Å². The van der Waals surface area contributed by atoms with Crippen molar-refractivity contribution in [2.45, 2.75) is 19.5 Å². The molecule has 138 valence electrons. The maximum atomic E-state index is 12.1. The summed E-state index contributed by atoms with van der Waals surface area (Å²) in [4.78, 5) is 12.1. The van der Waals surface area contributed by atoms with Crippen LogP contribution in [0.1, 0.15) is 11.1 Å². The van der Waals surface area contributed by atoms with Crippen LogP contribution < -0.4 is 5.32 Å². The second-order valence-corrected chi connectivity index (χ2v) is 6.91. The Kier molecular flexibility index (Phi) is 9.69. The summed E-state index contributed by atoms with van der Waals surface area (Å²) in [6.07, 6.45) is 0.257. The third kappa shape index (κ3) is 7.86. The lowest BCUT2D eigenvalue weighted by atomic mass is 10.2. The van der Waals surface area contributed by atoms with Gasteiger partial charge in [0.15, 0.2) is 6.29 Å². The average Bonchev–Trinajstić information content (AvgIpc) is 2.69. The van der Waals surface area contributed by atoms with Crippen LogP contribution in [0.25, 0.3) is 0 Å². The highest BCUT2D eigenvalue weighted by atomic mass is 127. The van der Waals surface area contributed by atoms with Crippen molar-refractivity contribution >= 4 is 36.6 Å². The van der Waals surface area contributed by atoms with Gasteiger partial charge in [-0.3, -0.25) is 7.91 Å². The number of benzene rings is 2. The fourth-order valence-corrected chi connectivity index (χ4v) is 2.72. The summed E-state index contributed by atoms with van der Waals surface area (Å²) in [7, 11) is 1.97. The Balaban J connectivity index is 1.91. The zero-order chi connectivity index (χ0) is 18.6. The molecule has 2 aromatic carbocycles. The molecular formula is C19H24BIN2O3. The highest BCUT2D eigenvalue weighted by Crippen LogP contribution is 2.12. The number of hydrogen-bond acceptors (Lipinski definition) is 4. The second kappa shape index (κ2) is 12.1. The van der Waals surface area contributed by atoms with Crippen LogP contribution in [-0.2, 0) is 27.5 Å². The van der Waals surface area contributed by atoms with Gasteiger partial charge >= 0.3 is 0 Å². The zero-order valence-corrected chi connectivity index (χ0v) is 17.1. The molecule has 7 heteroatoms. The summed E-state index contributed by atoms with van der Waals surface area (Å²) in [6.45, 7) is 1.55. The van der Waals surface area contributed by atoms with E-state index in [1.54, 1.807) is 3.11 Å². The Morgan fingerprint density at radius 1 is 1.00 bits per heavy atom. The molecule has 0 saturated heterocycles. The summed E-state index contributed by atoms with van der Waals surface area (Å²) in [5.74, 6) is 0.00377. The van der Waals surface area contributed by atoms with Crippen molar-refractivity contribution in [3.8, 4) is 0 Å². The lowest BCUT2D eigenvalue weighted by Gasteiger charge is -2.23. The van der Waals surface area contributed by atoms with Gasteiger partial charge in [-0.25, -0.2) is 0 Å². The summed E-state index contributed by atoms with van der Waals surface area (Å²) < 4.78 is 13.5. The van der Waals surface area contributed by atoms with Crippen molar-refractivity contribution in [1.29, 1.82) is 0 Å². The highest BCUT2D eigenvalue weighted by Gasteiger charge is 2.18. The normalized spacial score (nSPS) is 10.8. The largest absolute Gasteiger partial charge is 0.346 e. The summed E-state index contributed by atoms with van der Waals surface area (Å²) in [6, 6.07) is 19.9. The molecule has 0 atom stereocenters. The van der Waals surface area contributed by atoms with E-state index in [0.717, 1.165) is 17.6 Å². The molecule has 0 saturated carbocycles. The van der Waals surface area contributed by atoms with Crippen molar-refractivity contribution in [1.82, 2.24) is 8.43 Å². The Labute approximate surface area is 170 Å². The molecule has 2 aromatic rings. The molecule has 26 heavy (non-hydrogen) atoms. The molecule has 0 heterocycles. The van der Waals surface area contributed by atoms with Crippen LogP contribution in [0.2, 0.25) is 0 Å². The van der Waals surface area contributed by atoms with Gasteiger partial charge in [-0.1, -0.05) is 60.7 Å². The molecule has 1 N–H and O–H groups in total. The Morgan fingerprint density at radius 2 is 1.50 bits per heavy atom. The molecular weight excluding hydrogens is 442 g/mol. The molecule has 0 aliphatic heterocycles. The number of rotatable bonds is 11. The fourth-order valence-electron chi connectivity index (χ4n) is 2.23. The first-order chi connectivity index (χ1) is 12.7. The van der Waals surface area contributed by atoms with E-state index in [1.807, 2.05) is 91.4 Å². The van der Waals surface area contributed by atoms with Crippen LogP contribution in [0, 0.1) is 0 Å². The first-order valence-corrected chi connectivity index (χ1v) is 9.63.